The second kappa shape index (κ2) is 7.46. The molecule has 0 radical (unpaired) electrons. The van der Waals surface area contributed by atoms with Gasteiger partial charge in [0.05, 0.1) is 12.1 Å². The Hall–Kier alpha value is -0.860. The van der Waals surface area contributed by atoms with Crippen molar-refractivity contribution in [1.82, 2.24) is 5.32 Å². The molecule has 2 nitrogen and oxygen atoms in total. The van der Waals surface area contributed by atoms with Crippen molar-refractivity contribution in [2.24, 2.45) is 5.92 Å². The van der Waals surface area contributed by atoms with Crippen LogP contribution in [0.4, 0.5) is 0 Å². The van der Waals surface area contributed by atoms with Gasteiger partial charge in [0.15, 0.2) is 0 Å². The van der Waals surface area contributed by atoms with Crippen LogP contribution in [-0.4, -0.2) is 19.8 Å². The molecule has 0 amide bonds. The van der Waals surface area contributed by atoms with E-state index in [1.165, 1.54) is 5.56 Å². The standard InChI is InChI=1S/C15H25NO/c1-5-14(17-11-12(2)3)15(16-4)13-9-7-6-8-10-13/h6-10,12,14-16H,5,11H2,1-4H3. The Bertz CT molecular complexity index is 297. The minimum Gasteiger partial charge on any atom is -0.376 e. The van der Waals surface area contributed by atoms with Crippen molar-refractivity contribution < 1.29 is 4.74 Å². The summed E-state index contributed by atoms with van der Waals surface area (Å²) < 4.78 is 6.00. The summed E-state index contributed by atoms with van der Waals surface area (Å²) in [5.74, 6) is 0.581. The van der Waals surface area contributed by atoms with Crippen molar-refractivity contribution in [3.8, 4) is 0 Å². The zero-order valence-electron chi connectivity index (χ0n) is 11.4. The van der Waals surface area contributed by atoms with Gasteiger partial charge in [-0.3, -0.25) is 0 Å². The van der Waals surface area contributed by atoms with E-state index >= 15 is 0 Å². The van der Waals surface area contributed by atoms with Crippen LogP contribution >= 0.6 is 0 Å². The van der Waals surface area contributed by atoms with E-state index in [1.54, 1.807) is 0 Å². The molecule has 2 heteroatoms. The lowest BCUT2D eigenvalue weighted by atomic mass is 9.99. The lowest BCUT2D eigenvalue weighted by molar-refractivity contribution is 0.0104. The lowest BCUT2D eigenvalue weighted by Crippen LogP contribution is -2.32. The van der Waals surface area contributed by atoms with E-state index in [0.717, 1.165) is 13.0 Å². The molecule has 1 aromatic rings. The van der Waals surface area contributed by atoms with Crippen molar-refractivity contribution in [1.29, 1.82) is 0 Å². The molecule has 0 aliphatic carbocycles. The molecule has 2 unspecified atom stereocenters. The highest BCUT2D eigenvalue weighted by atomic mass is 16.5. The van der Waals surface area contributed by atoms with Crippen LogP contribution in [0.25, 0.3) is 0 Å². The number of hydrogen-bond donors (Lipinski definition) is 1. The maximum Gasteiger partial charge on any atom is 0.0767 e. The maximum absolute atomic E-state index is 6.00. The van der Waals surface area contributed by atoms with Crippen molar-refractivity contribution in [3.05, 3.63) is 35.9 Å². The van der Waals surface area contributed by atoms with Gasteiger partial charge in [-0.1, -0.05) is 51.1 Å². The Morgan fingerprint density at radius 1 is 1.18 bits per heavy atom. The lowest BCUT2D eigenvalue weighted by Gasteiger charge is -2.27. The molecule has 0 fully saturated rings. The molecule has 96 valence electrons. The predicted molar refractivity (Wildman–Crippen MR) is 73.1 cm³/mol. The summed E-state index contributed by atoms with van der Waals surface area (Å²) in [5.41, 5.74) is 1.30. The van der Waals surface area contributed by atoms with E-state index < -0.39 is 0 Å². The van der Waals surface area contributed by atoms with Gasteiger partial charge in [-0.05, 0) is 24.9 Å². The number of rotatable bonds is 7. The van der Waals surface area contributed by atoms with Crippen LogP contribution < -0.4 is 5.32 Å². The Morgan fingerprint density at radius 2 is 1.82 bits per heavy atom. The number of nitrogens with one attached hydrogen (secondary N) is 1. The average molecular weight is 235 g/mol. The normalized spacial score (nSPS) is 14.9. The number of hydrogen-bond acceptors (Lipinski definition) is 2. The molecule has 0 aliphatic heterocycles. The van der Waals surface area contributed by atoms with E-state index in [1.807, 2.05) is 13.1 Å². The van der Waals surface area contributed by atoms with Crippen LogP contribution in [0.2, 0.25) is 0 Å². The van der Waals surface area contributed by atoms with Gasteiger partial charge >= 0.3 is 0 Å². The van der Waals surface area contributed by atoms with Gasteiger partial charge in [0, 0.05) is 6.61 Å². The van der Waals surface area contributed by atoms with Crippen LogP contribution in [0.3, 0.4) is 0 Å². The van der Waals surface area contributed by atoms with Crippen molar-refractivity contribution >= 4 is 0 Å². The summed E-state index contributed by atoms with van der Waals surface area (Å²) >= 11 is 0. The van der Waals surface area contributed by atoms with Crippen molar-refractivity contribution in [2.45, 2.75) is 39.3 Å². The first kappa shape index (κ1) is 14.2. The monoisotopic (exact) mass is 235 g/mol. The molecule has 0 aliphatic rings. The Kier molecular flexibility index (Phi) is 6.23. The van der Waals surface area contributed by atoms with Crippen LogP contribution in [0.1, 0.15) is 38.8 Å². The first-order valence-corrected chi connectivity index (χ1v) is 6.52. The molecule has 1 rings (SSSR count). The fourth-order valence-corrected chi connectivity index (χ4v) is 1.99. The topological polar surface area (TPSA) is 21.3 Å². The van der Waals surface area contributed by atoms with Gasteiger partial charge in [0.1, 0.15) is 0 Å². The summed E-state index contributed by atoms with van der Waals surface area (Å²) in [6, 6.07) is 10.8. The van der Waals surface area contributed by atoms with E-state index in [9.17, 15) is 0 Å². The minimum absolute atomic E-state index is 0.241. The zero-order chi connectivity index (χ0) is 12.7. The van der Waals surface area contributed by atoms with Crippen molar-refractivity contribution in [2.75, 3.05) is 13.7 Å². The highest BCUT2D eigenvalue weighted by Gasteiger charge is 2.20. The van der Waals surface area contributed by atoms with Crippen LogP contribution in [-0.2, 0) is 4.74 Å². The highest BCUT2D eigenvalue weighted by Crippen LogP contribution is 2.21. The molecule has 0 bridgehead atoms. The number of benzene rings is 1. The number of ether oxygens (including phenoxy) is 1. The van der Waals surface area contributed by atoms with Crippen LogP contribution in [0.15, 0.2) is 30.3 Å². The molecular formula is C15H25NO. The smallest absolute Gasteiger partial charge is 0.0767 e. The van der Waals surface area contributed by atoms with Gasteiger partial charge in [-0.15, -0.1) is 0 Å². The quantitative estimate of drug-likeness (QED) is 0.782. The molecule has 0 spiro atoms. The third-order valence-corrected chi connectivity index (χ3v) is 2.89. The Morgan fingerprint density at radius 3 is 2.29 bits per heavy atom. The molecule has 0 saturated heterocycles. The molecule has 17 heavy (non-hydrogen) atoms. The number of likely N-dealkylation sites (N-methyl/N-ethyl adjacent to an activating group) is 1. The molecule has 1 aromatic carbocycles. The molecule has 0 aromatic heterocycles. The molecule has 1 N–H and O–H groups in total. The molecular weight excluding hydrogens is 210 g/mol. The van der Waals surface area contributed by atoms with Gasteiger partial charge in [0.2, 0.25) is 0 Å². The third kappa shape index (κ3) is 4.49. The summed E-state index contributed by atoms with van der Waals surface area (Å²) in [6.45, 7) is 7.37. The van der Waals surface area contributed by atoms with Crippen LogP contribution in [0, 0.1) is 5.92 Å². The highest BCUT2D eigenvalue weighted by molar-refractivity contribution is 5.20. The zero-order valence-corrected chi connectivity index (χ0v) is 11.4. The van der Waals surface area contributed by atoms with E-state index in [4.69, 9.17) is 4.74 Å². The van der Waals surface area contributed by atoms with Gasteiger partial charge in [-0.2, -0.15) is 0 Å². The molecule has 0 heterocycles. The molecule has 0 saturated carbocycles. The van der Waals surface area contributed by atoms with Gasteiger partial charge < -0.3 is 10.1 Å². The predicted octanol–water partition coefficient (Wildman–Crippen LogP) is 3.40. The second-order valence-electron chi connectivity index (χ2n) is 4.85. The van der Waals surface area contributed by atoms with Crippen molar-refractivity contribution in [3.63, 3.8) is 0 Å². The summed E-state index contributed by atoms with van der Waals surface area (Å²) in [5, 5.41) is 3.37. The summed E-state index contributed by atoms with van der Waals surface area (Å²) in [4.78, 5) is 0. The average Bonchev–Trinajstić information content (AvgIpc) is 2.35. The minimum atomic E-state index is 0.241. The first-order chi connectivity index (χ1) is 8.19. The fraction of sp³-hybridized carbons (Fsp3) is 0.600. The fourth-order valence-electron chi connectivity index (χ4n) is 1.99. The van der Waals surface area contributed by atoms with Gasteiger partial charge in [0.25, 0.3) is 0 Å². The Balaban J connectivity index is 2.70. The summed E-state index contributed by atoms with van der Waals surface area (Å²) in [6.07, 6.45) is 1.26. The molecule has 2 atom stereocenters. The van der Waals surface area contributed by atoms with Gasteiger partial charge in [-0.25, -0.2) is 0 Å². The second-order valence-corrected chi connectivity index (χ2v) is 4.85. The van der Waals surface area contributed by atoms with E-state index in [-0.39, 0.29) is 12.1 Å². The van der Waals surface area contributed by atoms with E-state index in [0.29, 0.717) is 5.92 Å². The maximum atomic E-state index is 6.00. The largest absolute Gasteiger partial charge is 0.376 e. The Labute approximate surface area is 105 Å². The van der Waals surface area contributed by atoms with E-state index in [2.05, 4.69) is 50.4 Å². The first-order valence-electron chi connectivity index (χ1n) is 6.52. The SMILES string of the molecule is CCC(OCC(C)C)C(NC)c1ccccc1. The third-order valence-electron chi connectivity index (χ3n) is 2.89. The summed E-state index contributed by atoms with van der Waals surface area (Å²) in [7, 11) is 2.00. The van der Waals surface area contributed by atoms with Crippen LogP contribution in [0.5, 0.6) is 0 Å².